The highest BCUT2D eigenvalue weighted by atomic mass is 19.1. The Hall–Kier alpha value is -1.12. The van der Waals surface area contributed by atoms with Crippen LogP contribution in [-0.2, 0) is 6.67 Å². The van der Waals surface area contributed by atoms with E-state index in [0.717, 1.165) is 0 Å². The molecule has 1 aromatic heterocycles. The molecule has 48 valence electrons. The first-order valence-electron chi connectivity index (χ1n) is 2.58. The van der Waals surface area contributed by atoms with Crippen LogP contribution in [-0.4, -0.2) is 4.98 Å². The molecule has 0 bridgehead atoms. The first-order chi connectivity index (χ1) is 4.33. The van der Waals surface area contributed by atoms with E-state index in [1.165, 1.54) is 12.4 Å². The molecule has 0 saturated carbocycles. The minimum atomic E-state index is -0.502. The van der Waals surface area contributed by atoms with Crippen LogP contribution in [0.5, 0.6) is 0 Å². The number of rotatable bonds is 1. The molecule has 1 heterocycles. The van der Waals surface area contributed by atoms with Crippen LogP contribution in [0.2, 0.25) is 0 Å². The third-order valence-corrected chi connectivity index (χ3v) is 0.970. The molecule has 0 aliphatic rings. The normalized spacial score (nSPS) is 9.44. The number of halogens is 1. The molecular formula is C6H7FN2. The predicted molar refractivity (Wildman–Crippen MR) is 33.5 cm³/mol. The number of nitrogen functional groups attached to an aromatic ring is 1. The van der Waals surface area contributed by atoms with Crippen molar-refractivity contribution in [2.75, 3.05) is 5.73 Å². The van der Waals surface area contributed by atoms with Gasteiger partial charge in [0.25, 0.3) is 0 Å². The Labute approximate surface area is 52.5 Å². The van der Waals surface area contributed by atoms with Crippen LogP contribution in [0.4, 0.5) is 10.1 Å². The first kappa shape index (κ1) is 6.01. The minimum absolute atomic E-state index is 0.502. The highest BCUT2D eigenvalue weighted by molar-refractivity contribution is 5.36. The molecule has 0 aliphatic carbocycles. The van der Waals surface area contributed by atoms with Gasteiger partial charge in [0.1, 0.15) is 6.67 Å². The van der Waals surface area contributed by atoms with Crippen LogP contribution >= 0.6 is 0 Å². The summed E-state index contributed by atoms with van der Waals surface area (Å²) in [7, 11) is 0. The summed E-state index contributed by atoms with van der Waals surface area (Å²) in [4.78, 5) is 3.69. The number of aromatic nitrogens is 1. The lowest BCUT2D eigenvalue weighted by molar-refractivity contribution is 0.484. The van der Waals surface area contributed by atoms with Gasteiger partial charge >= 0.3 is 0 Å². The zero-order valence-corrected chi connectivity index (χ0v) is 4.84. The Bertz CT molecular complexity index is 200. The molecular weight excluding hydrogens is 119 g/mol. The number of alkyl halides is 1. The Morgan fingerprint density at radius 3 is 2.78 bits per heavy atom. The number of anilines is 1. The molecule has 0 amide bonds. The molecule has 9 heavy (non-hydrogen) atoms. The van der Waals surface area contributed by atoms with Gasteiger partial charge in [-0.3, -0.25) is 4.98 Å². The summed E-state index contributed by atoms with van der Waals surface area (Å²) in [6.07, 6.45) is 2.94. The zero-order valence-electron chi connectivity index (χ0n) is 4.84. The fourth-order valence-corrected chi connectivity index (χ4v) is 0.581. The summed E-state index contributed by atoms with van der Waals surface area (Å²) < 4.78 is 11.8. The van der Waals surface area contributed by atoms with E-state index in [9.17, 15) is 4.39 Å². The van der Waals surface area contributed by atoms with Crippen LogP contribution in [0.1, 0.15) is 5.56 Å². The molecule has 1 rings (SSSR count). The monoisotopic (exact) mass is 126 g/mol. The zero-order chi connectivity index (χ0) is 6.69. The summed E-state index contributed by atoms with van der Waals surface area (Å²) in [6.45, 7) is -0.502. The number of nitrogens with two attached hydrogens (primary N) is 1. The van der Waals surface area contributed by atoms with Crippen molar-refractivity contribution in [3.63, 3.8) is 0 Å². The molecule has 2 nitrogen and oxygen atoms in total. The van der Waals surface area contributed by atoms with E-state index in [-0.39, 0.29) is 0 Å². The Morgan fingerprint density at radius 2 is 2.33 bits per heavy atom. The minimum Gasteiger partial charge on any atom is -0.397 e. The fraction of sp³-hybridized carbons (Fsp3) is 0.167. The van der Waals surface area contributed by atoms with Crippen molar-refractivity contribution in [3.05, 3.63) is 24.0 Å². The van der Waals surface area contributed by atoms with Crippen LogP contribution in [0.25, 0.3) is 0 Å². The second kappa shape index (κ2) is 2.44. The molecule has 2 N–H and O–H groups in total. The molecule has 0 spiro atoms. The Morgan fingerprint density at radius 1 is 1.56 bits per heavy atom. The van der Waals surface area contributed by atoms with Crippen LogP contribution in [0, 0.1) is 0 Å². The lowest BCUT2D eigenvalue weighted by Gasteiger charge is -1.92. The van der Waals surface area contributed by atoms with Gasteiger partial charge < -0.3 is 5.73 Å². The fourth-order valence-electron chi connectivity index (χ4n) is 0.581. The number of hydrogen-bond acceptors (Lipinski definition) is 2. The van der Waals surface area contributed by atoms with Gasteiger partial charge in [-0.05, 0) is 6.07 Å². The van der Waals surface area contributed by atoms with Gasteiger partial charge in [0.05, 0.1) is 5.69 Å². The first-order valence-corrected chi connectivity index (χ1v) is 2.58. The van der Waals surface area contributed by atoms with Crippen LogP contribution in [0.3, 0.4) is 0 Å². The van der Waals surface area contributed by atoms with E-state index in [2.05, 4.69) is 4.98 Å². The Kier molecular flexibility index (Phi) is 1.63. The van der Waals surface area contributed by atoms with Gasteiger partial charge in [-0.1, -0.05) is 0 Å². The lowest BCUT2D eigenvalue weighted by atomic mass is 10.3. The van der Waals surface area contributed by atoms with Gasteiger partial charge in [-0.15, -0.1) is 0 Å². The van der Waals surface area contributed by atoms with Gasteiger partial charge in [0, 0.05) is 18.0 Å². The number of hydrogen-bond donors (Lipinski definition) is 1. The summed E-state index contributed by atoms with van der Waals surface area (Å²) in [5.41, 5.74) is 6.33. The molecule has 0 atom stereocenters. The van der Waals surface area contributed by atoms with Crippen molar-refractivity contribution in [2.24, 2.45) is 0 Å². The molecule has 0 aromatic carbocycles. The van der Waals surface area contributed by atoms with Gasteiger partial charge in [-0.2, -0.15) is 0 Å². The SMILES string of the molecule is Nc1cncc(CF)c1. The average Bonchev–Trinajstić information content (AvgIpc) is 1.88. The summed E-state index contributed by atoms with van der Waals surface area (Å²) in [5, 5.41) is 0. The smallest absolute Gasteiger partial charge is 0.116 e. The molecule has 0 unspecified atom stereocenters. The van der Waals surface area contributed by atoms with E-state index in [4.69, 9.17) is 5.73 Å². The second-order valence-corrected chi connectivity index (χ2v) is 1.76. The van der Waals surface area contributed by atoms with Crippen LogP contribution in [0.15, 0.2) is 18.5 Å². The average molecular weight is 126 g/mol. The van der Waals surface area contributed by atoms with Crippen molar-refractivity contribution >= 4 is 5.69 Å². The molecule has 0 fully saturated rings. The van der Waals surface area contributed by atoms with Crippen molar-refractivity contribution < 1.29 is 4.39 Å². The Balaban J connectivity index is 2.94. The van der Waals surface area contributed by atoms with E-state index in [1.807, 2.05) is 0 Å². The quantitative estimate of drug-likeness (QED) is 0.612. The second-order valence-electron chi connectivity index (χ2n) is 1.76. The van der Waals surface area contributed by atoms with E-state index >= 15 is 0 Å². The van der Waals surface area contributed by atoms with Crippen molar-refractivity contribution in [2.45, 2.75) is 6.67 Å². The maximum absolute atomic E-state index is 11.8. The van der Waals surface area contributed by atoms with Gasteiger partial charge in [0.2, 0.25) is 0 Å². The van der Waals surface area contributed by atoms with E-state index in [1.54, 1.807) is 6.07 Å². The standard InChI is InChI=1S/C6H7FN2/c7-2-5-1-6(8)4-9-3-5/h1,3-4H,2,8H2. The highest BCUT2D eigenvalue weighted by Gasteiger charge is 1.89. The van der Waals surface area contributed by atoms with Crippen molar-refractivity contribution in [1.82, 2.24) is 4.98 Å². The largest absolute Gasteiger partial charge is 0.397 e. The highest BCUT2D eigenvalue weighted by Crippen LogP contribution is 2.03. The third kappa shape index (κ3) is 1.38. The number of nitrogens with zero attached hydrogens (tertiary/aromatic N) is 1. The van der Waals surface area contributed by atoms with Crippen molar-refractivity contribution in [1.29, 1.82) is 0 Å². The molecule has 0 radical (unpaired) electrons. The summed E-state index contributed by atoms with van der Waals surface area (Å²) in [5.74, 6) is 0. The topological polar surface area (TPSA) is 38.9 Å². The summed E-state index contributed by atoms with van der Waals surface area (Å²) in [6, 6.07) is 1.56. The molecule has 0 saturated heterocycles. The third-order valence-electron chi connectivity index (χ3n) is 0.970. The van der Waals surface area contributed by atoms with Gasteiger partial charge in [-0.25, -0.2) is 4.39 Å². The lowest BCUT2D eigenvalue weighted by Crippen LogP contribution is -1.88. The molecule has 3 heteroatoms. The summed E-state index contributed by atoms with van der Waals surface area (Å²) >= 11 is 0. The maximum atomic E-state index is 11.8. The maximum Gasteiger partial charge on any atom is 0.116 e. The van der Waals surface area contributed by atoms with Gasteiger partial charge in [0.15, 0.2) is 0 Å². The van der Waals surface area contributed by atoms with Crippen molar-refractivity contribution in [3.8, 4) is 0 Å². The van der Waals surface area contributed by atoms with E-state index in [0.29, 0.717) is 11.3 Å². The predicted octanol–water partition coefficient (Wildman–Crippen LogP) is 1.13. The molecule has 0 aliphatic heterocycles. The molecule has 1 aromatic rings. The van der Waals surface area contributed by atoms with Crippen LogP contribution < -0.4 is 5.73 Å². The van der Waals surface area contributed by atoms with E-state index < -0.39 is 6.67 Å². The number of pyridine rings is 1.